The van der Waals surface area contributed by atoms with Crippen LogP contribution < -0.4 is 0 Å². The monoisotopic (exact) mass is 308 g/mol. The molecule has 1 aliphatic carbocycles. The van der Waals surface area contributed by atoms with Gasteiger partial charge in [-0.3, -0.25) is 0 Å². The molecule has 0 aromatic carbocycles. The molecule has 2 unspecified atom stereocenters. The lowest BCUT2D eigenvalue weighted by Gasteiger charge is -2.38. The number of alkyl halides is 3. The number of hydrogen-bond donors (Lipinski definition) is 1. The molecule has 2 rings (SSSR count). The van der Waals surface area contributed by atoms with Crippen LogP contribution in [0.25, 0.3) is 0 Å². The van der Waals surface area contributed by atoms with Crippen LogP contribution in [-0.4, -0.2) is 48.2 Å². The fraction of sp³-hybridized carbons (Fsp3) is 0.846. The zero-order valence-electron chi connectivity index (χ0n) is 12.0. The zero-order chi connectivity index (χ0) is 15.8. The fourth-order valence-electron chi connectivity index (χ4n) is 3.75. The number of halogens is 3. The van der Waals surface area contributed by atoms with E-state index in [1.807, 2.05) is 0 Å². The maximum atomic E-state index is 13.3. The van der Waals surface area contributed by atoms with Gasteiger partial charge in [0.25, 0.3) is 0 Å². The first-order chi connectivity index (χ1) is 9.71. The SMILES string of the molecule is CON=C1C(C(F)(F)F)C(C)CC12CCN(C(=O)O)CC2. The molecule has 1 aliphatic heterocycles. The molecule has 1 saturated heterocycles. The Morgan fingerprint density at radius 1 is 1.43 bits per heavy atom. The van der Waals surface area contributed by atoms with Crippen molar-refractivity contribution in [1.82, 2.24) is 4.90 Å². The number of piperidine rings is 1. The summed E-state index contributed by atoms with van der Waals surface area (Å²) in [6.45, 7) is 2.03. The van der Waals surface area contributed by atoms with Gasteiger partial charge in [-0.15, -0.1) is 0 Å². The van der Waals surface area contributed by atoms with Gasteiger partial charge in [-0.2, -0.15) is 13.2 Å². The highest BCUT2D eigenvalue weighted by atomic mass is 19.4. The van der Waals surface area contributed by atoms with E-state index in [9.17, 15) is 18.0 Å². The molecular formula is C13H19F3N2O3. The van der Waals surface area contributed by atoms with Crippen molar-refractivity contribution in [3.05, 3.63) is 0 Å². The smallest absolute Gasteiger partial charge is 0.407 e. The lowest BCUT2D eigenvalue weighted by atomic mass is 9.74. The zero-order valence-corrected chi connectivity index (χ0v) is 12.0. The summed E-state index contributed by atoms with van der Waals surface area (Å²) in [7, 11) is 1.24. The van der Waals surface area contributed by atoms with E-state index < -0.39 is 29.5 Å². The van der Waals surface area contributed by atoms with Crippen LogP contribution in [0.5, 0.6) is 0 Å². The Morgan fingerprint density at radius 3 is 2.43 bits per heavy atom. The number of carbonyl (C=O) groups is 1. The maximum absolute atomic E-state index is 13.3. The number of likely N-dealkylation sites (tertiary alicyclic amines) is 1. The number of oxime groups is 1. The van der Waals surface area contributed by atoms with Crippen LogP contribution in [0, 0.1) is 17.3 Å². The highest BCUT2D eigenvalue weighted by Gasteiger charge is 2.60. The van der Waals surface area contributed by atoms with Gasteiger partial charge in [0.05, 0.1) is 11.6 Å². The van der Waals surface area contributed by atoms with Crippen LogP contribution in [0.3, 0.4) is 0 Å². The maximum Gasteiger partial charge on any atom is 0.407 e. The Hall–Kier alpha value is -1.47. The summed E-state index contributed by atoms with van der Waals surface area (Å²) in [5.41, 5.74) is -0.656. The van der Waals surface area contributed by atoms with Gasteiger partial charge < -0.3 is 14.8 Å². The number of carboxylic acid groups (broad SMARTS) is 1. The third-order valence-corrected chi connectivity index (χ3v) is 4.65. The fourth-order valence-corrected chi connectivity index (χ4v) is 3.75. The van der Waals surface area contributed by atoms with Gasteiger partial charge in [-0.05, 0) is 25.2 Å². The summed E-state index contributed by atoms with van der Waals surface area (Å²) in [4.78, 5) is 16.8. The molecule has 0 aromatic rings. The van der Waals surface area contributed by atoms with Crippen LogP contribution in [0.1, 0.15) is 26.2 Å². The minimum Gasteiger partial charge on any atom is -0.465 e. The topological polar surface area (TPSA) is 62.1 Å². The second kappa shape index (κ2) is 5.38. The summed E-state index contributed by atoms with van der Waals surface area (Å²) in [6, 6.07) is 0. The van der Waals surface area contributed by atoms with Crippen LogP contribution >= 0.6 is 0 Å². The van der Waals surface area contributed by atoms with Crippen molar-refractivity contribution in [2.24, 2.45) is 22.4 Å². The van der Waals surface area contributed by atoms with Crippen molar-refractivity contribution in [3.63, 3.8) is 0 Å². The molecule has 2 fully saturated rings. The van der Waals surface area contributed by atoms with Gasteiger partial charge in [-0.1, -0.05) is 12.1 Å². The first-order valence-corrected chi connectivity index (χ1v) is 6.87. The second-order valence-electron chi connectivity index (χ2n) is 5.91. The van der Waals surface area contributed by atoms with E-state index in [4.69, 9.17) is 5.11 Å². The molecule has 1 heterocycles. The van der Waals surface area contributed by atoms with Crippen LogP contribution in [0.4, 0.5) is 18.0 Å². The minimum atomic E-state index is -4.36. The molecule has 2 aliphatic rings. The summed E-state index contributed by atoms with van der Waals surface area (Å²) in [5, 5.41) is 12.7. The van der Waals surface area contributed by atoms with E-state index in [0.717, 1.165) is 0 Å². The van der Waals surface area contributed by atoms with E-state index in [1.54, 1.807) is 6.92 Å². The molecule has 1 saturated carbocycles. The van der Waals surface area contributed by atoms with E-state index in [2.05, 4.69) is 9.99 Å². The third-order valence-electron chi connectivity index (χ3n) is 4.65. The van der Waals surface area contributed by atoms with Gasteiger partial charge in [-0.25, -0.2) is 4.79 Å². The molecule has 21 heavy (non-hydrogen) atoms. The normalized spacial score (nSPS) is 30.9. The van der Waals surface area contributed by atoms with Crippen molar-refractivity contribution in [1.29, 1.82) is 0 Å². The highest BCUT2D eigenvalue weighted by molar-refractivity contribution is 5.95. The largest absolute Gasteiger partial charge is 0.465 e. The van der Waals surface area contributed by atoms with Crippen molar-refractivity contribution in [3.8, 4) is 0 Å². The van der Waals surface area contributed by atoms with Gasteiger partial charge in [0.2, 0.25) is 0 Å². The first-order valence-electron chi connectivity index (χ1n) is 6.87. The van der Waals surface area contributed by atoms with Crippen LogP contribution in [0.15, 0.2) is 5.16 Å². The van der Waals surface area contributed by atoms with Gasteiger partial charge >= 0.3 is 12.3 Å². The number of rotatable bonds is 1. The van der Waals surface area contributed by atoms with Gasteiger partial charge in [0, 0.05) is 18.5 Å². The Bertz CT molecular complexity index is 442. The second-order valence-corrected chi connectivity index (χ2v) is 5.91. The van der Waals surface area contributed by atoms with Crippen LogP contribution in [-0.2, 0) is 4.84 Å². The predicted molar refractivity (Wildman–Crippen MR) is 69.0 cm³/mol. The third kappa shape index (κ3) is 2.80. The minimum absolute atomic E-state index is 0.0371. The van der Waals surface area contributed by atoms with Crippen molar-refractivity contribution >= 4 is 11.8 Å². The molecule has 0 aromatic heterocycles. The standard InChI is InChI=1S/C13H19F3N2O3/c1-8-7-12(3-5-18(6-4-12)11(19)20)10(17-21-2)9(8)13(14,15)16/h8-9H,3-7H2,1-2H3,(H,19,20). The lowest BCUT2D eigenvalue weighted by molar-refractivity contribution is -0.163. The lowest BCUT2D eigenvalue weighted by Crippen LogP contribution is -2.46. The number of hydrogen-bond acceptors (Lipinski definition) is 3. The Morgan fingerprint density at radius 2 is 2.00 bits per heavy atom. The van der Waals surface area contributed by atoms with E-state index in [0.29, 0.717) is 19.3 Å². The Balaban J connectivity index is 2.28. The summed E-state index contributed by atoms with van der Waals surface area (Å²) in [6.07, 6.45) is -4.30. The molecule has 1 spiro atoms. The predicted octanol–water partition coefficient (Wildman–Crippen LogP) is 2.97. The molecule has 120 valence electrons. The van der Waals surface area contributed by atoms with Crippen molar-refractivity contribution in [2.75, 3.05) is 20.2 Å². The van der Waals surface area contributed by atoms with E-state index >= 15 is 0 Å². The molecule has 8 heteroatoms. The molecule has 1 amide bonds. The van der Waals surface area contributed by atoms with E-state index in [-0.39, 0.29) is 18.8 Å². The first kappa shape index (κ1) is 15.9. The number of amides is 1. The average Bonchev–Trinajstić information content (AvgIpc) is 2.62. The molecular weight excluding hydrogens is 289 g/mol. The van der Waals surface area contributed by atoms with Gasteiger partial charge in [0.1, 0.15) is 7.11 Å². The summed E-state index contributed by atoms with van der Waals surface area (Å²) >= 11 is 0. The van der Waals surface area contributed by atoms with Crippen LogP contribution in [0.2, 0.25) is 0 Å². The highest BCUT2D eigenvalue weighted by Crippen LogP contribution is 2.54. The summed E-state index contributed by atoms with van der Waals surface area (Å²) in [5.74, 6) is -2.18. The van der Waals surface area contributed by atoms with Crippen molar-refractivity contribution < 1.29 is 27.9 Å². The average molecular weight is 308 g/mol. The quantitative estimate of drug-likeness (QED) is 0.758. The molecule has 5 nitrogen and oxygen atoms in total. The molecule has 0 radical (unpaired) electrons. The molecule has 0 bridgehead atoms. The van der Waals surface area contributed by atoms with E-state index in [1.165, 1.54) is 12.0 Å². The molecule has 1 N–H and O–H groups in total. The number of nitrogens with zero attached hydrogens (tertiary/aromatic N) is 2. The summed E-state index contributed by atoms with van der Waals surface area (Å²) < 4.78 is 39.9. The van der Waals surface area contributed by atoms with Gasteiger partial charge in [0.15, 0.2) is 0 Å². The van der Waals surface area contributed by atoms with Crippen molar-refractivity contribution in [2.45, 2.75) is 32.4 Å². The Labute approximate surface area is 120 Å². The Kier molecular flexibility index (Phi) is 4.08. The molecule has 2 atom stereocenters.